The molecule has 4 nitrogen and oxygen atoms in total. The normalized spacial score (nSPS) is 12.6. The molecule has 0 amide bonds. The van der Waals surface area contributed by atoms with Gasteiger partial charge in [0.1, 0.15) is 11.5 Å². The number of rotatable bonds is 3. The maximum absolute atomic E-state index is 5.30. The molecule has 1 radical (unpaired) electrons. The molecule has 0 saturated carbocycles. The van der Waals surface area contributed by atoms with Crippen molar-refractivity contribution in [3.8, 4) is 17.0 Å². The van der Waals surface area contributed by atoms with Crippen LogP contribution in [0.25, 0.3) is 11.3 Å². The summed E-state index contributed by atoms with van der Waals surface area (Å²) in [6.07, 6.45) is 5.36. The molecule has 2 aromatic heterocycles. The Kier molecular flexibility index (Phi) is 4.65. The van der Waals surface area contributed by atoms with E-state index in [9.17, 15) is 0 Å². The number of furan rings is 1. The fraction of sp³-hybridized carbons (Fsp3) is 0.176. The Hall–Kier alpha value is -1.89. The topological polar surface area (TPSA) is 47.6 Å². The van der Waals surface area contributed by atoms with Crippen molar-refractivity contribution < 1.29 is 25.9 Å². The van der Waals surface area contributed by atoms with Crippen LogP contribution >= 0.6 is 11.3 Å². The van der Waals surface area contributed by atoms with Gasteiger partial charge in [-0.25, -0.2) is 9.98 Å². The predicted octanol–water partition coefficient (Wildman–Crippen LogP) is 4.26. The van der Waals surface area contributed by atoms with Crippen LogP contribution in [0.2, 0.25) is 0 Å². The van der Waals surface area contributed by atoms with Crippen molar-refractivity contribution in [3.05, 3.63) is 52.8 Å². The number of nitrogens with zero attached hydrogens (tertiary/aromatic N) is 2. The summed E-state index contributed by atoms with van der Waals surface area (Å²) in [7, 11) is 1.69. The van der Waals surface area contributed by atoms with E-state index in [-0.39, 0.29) is 16.8 Å². The summed E-state index contributed by atoms with van der Waals surface area (Å²) in [5, 5.41) is 0.769. The van der Waals surface area contributed by atoms with Crippen molar-refractivity contribution >= 4 is 22.7 Å². The van der Waals surface area contributed by atoms with Crippen LogP contribution in [0.3, 0.4) is 0 Å². The molecule has 4 rings (SSSR count). The van der Waals surface area contributed by atoms with E-state index in [0.717, 1.165) is 35.2 Å². The van der Waals surface area contributed by atoms with Gasteiger partial charge >= 0.3 is 16.8 Å². The van der Waals surface area contributed by atoms with Crippen LogP contribution < -0.4 is 4.74 Å². The van der Waals surface area contributed by atoms with Gasteiger partial charge in [-0.15, -0.1) is 0 Å². The third kappa shape index (κ3) is 3.10. The molecule has 3 aromatic rings. The first kappa shape index (κ1) is 16.0. The van der Waals surface area contributed by atoms with E-state index in [4.69, 9.17) is 9.15 Å². The summed E-state index contributed by atoms with van der Waals surface area (Å²) < 4.78 is 10.6. The number of ether oxygens (including phenoxy) is 1. The molecule has 0 unspecified atom stereocenters. The van der Waals surface area contributed by atoms with Crippen LogP contribution in [-0.4, -0.2) is 18.3 Å². The van der Waals surface area contributed by atoms with Crippen LogP contribution in [0, 0.1) is 0 Å². The van der Waals surface area contributed by atoms with Crippen molar-refractivity contribution in [3.63, 3.8) is 0 Å². The zero-order valence-corrected chi connectivity index (χ0v) is 14.3. The molecule has 0 atom stereocenters. The molecule has 0 saturated heterocycles. The molecule has 23 heavy (non-hydrogen) atoms. The minimum Gasteiger partial charge on any atom is -0.497 e. The third-order valence-electron chi connectivity index (χ3n) is 3.72. The van der Waals surface area contributed by atoms with Crippen molar-refractivity contribution in [1.82, 2.24) is 4.98 Å². The van der Waals surface area contributed by atoms with Crippen LogP contribution in [0.5, 0.6) is 5.75 Å². The van der Waals surface area contributed by atoms with E-state index in [0.29, 0.717) is 0 Å². The molecule has 1 aliphatic rings. The summed E-state index contributed by atoms with van der Waals surface area (Å²) >= 11 is 1.65. The quantitative estimate of drug-likeness (QED) is 0.648. The van der Waals surface area contributed by atoms with Gasteiger partial charge in [0.2, 0.25) is 5.13 Å². The molecule has 6 heteroatoms. The number of aromatic nitrogens is 1. The average Bonchev–Trinajstić information content (AvgIpc) is 3.21. The van der Waals surface area contributed by atoms with Gasteiger partial charge in [-0.2, -0.15) is 0 Å². The standard InChI is InChI=1S/C17H14N2O2S.Co/c1-20-12-5-6-14-11(9-12)4-7-15-16(14)19-17(22-15)18-10-13-3-2-8-21-13;/h2-3,5-6,8-10H,4,7H2,1H3;/q;+2/b18-10+;. The first-order chi connectivity index (χ1) is 10.8. The Morgan fingerprint density at radius 1 is 1.30 bits per heavy atom. The van der Waals surface area contributed by atoms with E-state index in [2.05, 4.69) is 22.1 Å². The Balaban J connectivity index is 0.00000156. The maximum Gasteiger partial charge on any atom is 2.00 e. The van der Waals surface area contributed by atoms with E-state index >= 15 is 0 Å². The fourth-order valence-electron chi connectivity index (χ4n) is 2.64. The molecule has 2 heterocycles. The summed E-state index contributed by atoms with van der Waals surface area (Å²) in [6.45, 7) is 0. The number of benzene rings is 1. The summed E-state index contributed by atoms with van der Waals surface area (Å²) in [5.74, 6) is 1.63. The Labute approximate surface area is 148 Å². The predicted molar refractivity (Wildman–Crippen MR) is 87.5 cm³/mol. The molecule has 1 aromatic carbocycles. The van der Waals surface area contributed by atoms with Gasteiger partial charge in [-0.05, 0) is 48.7 Å². The molecule has 0 N–H and O–H groups in total. The third-order valence-corrected chi connectivity index (χ3v) is 4.74. The number of methoxy groups -OCH3 is 1. The second kappa shape index (κ2) is 6.70. The molecule has 1 aliphatic carbocycles. The second-order valence-electron chi connectivity index (χ2n) is 5.06. The SMILES string of the molecule is COc1ccc2c(c1)CCc1sc(/N=C/c3ccco3)nc1-2.[Co+2]. The van der Waals surface area contributed by atoms with Crippen LogP contribution in [0.15, 0.2) is 46.0 Å². The molecule has 117 valence electrons. The number of hydrogen-bond acceptors (Lipinski definition) is 5. The zero-order chi connectivity index (χ0) is 14.9. The first-order valence-corrected chi connectivity index (χ1v) is 7.90. The van der Waals surface area contributed by atoms with Crippen molar-refractivity contribution in [2.24, 2.45) is 4.99 Å². The number of hydrogen-bond donors (Lipinski definition) is 0. The molecular formula is C17H14CoN2O2S+2. The Bertz CT molecular complexity index is 840. The summed E-state index contributed by atoms with van der Waals surface area (Å²) in [4.78, 5) is 10.4. The van der Waals surface area contributed by atoms with Crippen LogP contribution in [0.1, 0.15) is 16.2 Å². The molecule has 0 bridgehead atoms. The Morgan fingerprint density at radius 3 is 3.00 bits per heavy atom. The zero-order valence-electron chi connectivity index (χ0n) is 12.4. The van der Waals surface area contributed by atoms with E-state index in [1.54, 1.807) is 30.9 Å². The van der Waals surface area contributed by atoms with Crippen LogP contribution in [-0.2, 0) is 29.6 Å². The van der Waals surface area contributed by atoms with Crippen molar-refractivity contribution in [2.75, 3.05) is 7.11 Å². The van der Waals surface area contributed by atoms with Gasteiger partial charge in [-0.1, -0.05) is 11.3 Å². The van der Waals surface area contributed by atoms with E-state index in [1.165, 1.54) is 16.0 Å². The number of thiazole rings is 1. The number of fused-ring (bicyclic) bond motifs is 3. The van der Waals surface area contributed by atoms with Gasteiger partial charge in [0.05, 0.1) is 25.3 Å². The van der Waals surface area contributed by atoms with Crippen molar-refractivity contribution in [1.29, 1.82) is 0 Å². The molecule has 0 aliphatic heterocycles. The largest absolute Gasteiger partial charge is 2.00 e. The minimum absolute atomic E-state index is 0. The van der Waals surface area contributed by atoms with Gasteiger partial charge < -0.3 is 9.15 Å². The summed E-state index contributed by atoms with van der Waals surface area (Å²) in [5.41, 5.74) is 3.54. The van der Waals surface area contributed by atoms with E-state index < -0.39 is 0 Å². The first-order valence-electron chi connectivity index (χ1n) is 7.08. The maximum atomic E-state index is 5.30. The molecule has 0 spiro atoms. The van der Waals surface area contributed by atoms with E-state index in [1.807, 2.05) is 18.2 Å². The molecular weight excluding hydrogens is 355 g/mol. The number of aliphatic imine (C=N–C) groups is 1. The minimum atomic E-state index is 0. The Morgan fingerprint density at radius 2 is 2.22 bits per heavy atom. The average molecular weight is 369 g/mol. The van der Waals surface area contributed by atoms with Gasteiger partial charge in [0, 0.05) is 10.4 Å². The summed E-state index contributed by atoms with van der Waals surface area (Å²) in [6, 6.07) is 9.89. The molecule has 0 fully saturated rings. The smallest absolute Gasteiger partial charge is 0.497 e. The second-order valence-corrected chi connectivity index (χ2v) is 6.13. The number of aryl methyl sites for hydroxylation is 2. The fourth-order valence-corrected chi connectivity index (χ4v) is 3.56. The monoisotopic (exact) mass is 369 g/mol. The van der Waals surface area contributed by atoms with Gasteiger partial charge in [0.15, 0.2) is 0 Å². The van der Waals surface area contributed by atoms with Gasteiger partial charge in [-0.3, -0.25) is 0 Å². The van der Waals surface area contributed by atoms with Crippen molar-refractivity contribution in [2.45, 2.75) is 12.8 Å². The van der Waals surface area contributed by atoms with Crippen LogP contribution in [0.4, 0.5) is 5.13 Å². The van der Waals surface area contributed by atoms with Gasteiger partial charge in [0.25, 0.3) is 0 Å².